The second-order valence-corrected chi connectivity index (χ2v) is 7.22. The van der Waals surface area contributed by atoms with Gasteiger partial charge in [0, 0.05) is 24.0 Å². The molecule has 0 spiro atoms. The minimum absolute atomic E-state index is 0.146. The van der Waals surface area contributed by atoms with Crippen LogP contribution in [0.5, 0.6) is 5.75 Å². The zero-order valence-corrected chi connectivity index (χ0v) is 17.0. The highest BCUT2D eigenvalue weighted by molar-refractivity contribution is 6.09. The van der Waals surface area contributed by atoms with Gasteiger partial charge in [-0.15, -0.1) is 0 Å². The second kappa shape index (κ2) is 9.34. The van der Waals surface area contributed by atoms with Crippen molar-refractivity contribution in [3.8, 4) is 5.75 Å². The minimum atomic E-state index is -0.425. The van der Waals surface area contributed by atoms with Crippen molar-refractivity contribution >= 4 is 22.7 Å². The number of ether oxygens (including phenoxy) is 1. The van der Waals surface area contributed by atoms with Gasteiger partial charge in [0.15, 0.2) is 5.78 Å². The summed E-state index contributed by atoms with van der Waals surface area (Å²) in [6, 6.07) is 18.6. The maximum atomic E-state index is 13.0. The Labute approximate surface area is 182 Å². The van der Waals surface area contributed by atoms with Gasteiger partial charge in [-0.2, -0.15) is 0 Å². The van der Waals surface area contributed by atoms with Gasteiger partial charge in [-0.25, -0.2) is 9.37 Å². The first-order valence-corrected chi connectivity index (χ1v) is 10.1. The smallest absolute Gasteiger partial charge is 0.311 e. The Morgan fingerprint density at radius 3 is 2.28 bits per heavy atom. The molecular formula is C25H19FN2O4. The van der Waals surface area contributed by atoms with Crippen LogP contribution in [0.1, 0.15) is 34.6 Å². The molecule has 1 N–H and O–H groups in total. The van der Waals surface area contributed by atoms with Crippen molar-refractivity contribution in [1.29, 1.82) is 0 Å². The zero-order valence-electron chi connectivity index (χ0n) is 17.0. The number of fused-ring (bicyclic) bond motifs is 1. The van der Waals surface area contributed by atoms with Crippen molar-refractivity contribution in [1.82, 2.24) is 9.97 Å². The number of esters is 1. The van der Waals surface area contributed by atoms with Gasteiger partial charge in [-0.1, -0.05) is 12.1 Å². The predicted octanol–water partition coefficient (Wildman–Crippen LogP) is 4.22. The van der Waals surface area contributed by atoms with E-state index in [1.165, 1.54) is 36.4 Å². The minimum Gasteiger partial charge on any atom is -0.427 e. The van der Waals surface area contributed by atoms with Crippen LogP contribution in [0.15, 0.2) is 77.6 Å². The fourth-order valence-corrected chi connectivity index (χ4v) is 3.28. The predicted molar refractivity (Wildman–Crippen MR) is 117 cm³/mol. The van der Waals surface area contributed by atoms with E-state index < -0.39 is 11.8 Å². The van der Waals surface area contributed by atoms with Crippen LogP contribution in [0.25, 0.3) is 10.9 Å². The number of nitrogens with zero attached hydrogens (tertiary/aromatic N) is 1. The molecule has 0 aliphatic heterocycles. The van der Waals surface area contributed by atoms with E-state index in [1.807, 2.05) is 6.07 Å². The Hall–Kier alpha value is -4.13. The van der Waals surface area contributed by atoms with Crippen molar-refractivity contribution in [3.63, 3.8) is 0 Å². The van der Waals surface area contributed by atoms with Gasteiger partial charge in [0.1, 0.15) is 17.4 Å². The van der Waals surface area contributed by atoms with Gasteiger partial charge < -0.3 is 9.72 Å². The lowest BCUT2D eigenvalue weighted by atomic mass is 10.0. The summed E-state index contributed by atoms with van der Waals surface area (Å²) >= 11 is 0. The Morgan fingerprint density at radius 2 is 1.56 bits per heavy atom. The number of carbonyl (C=O) groups excluding carboxylic acids is 2. The maximum absolute atomic E-state index is 13.0. The summed E-state index contributed by atoms with van der Waals surface area (Å²) in [6.07, 6.45) is 1.04. The van der Waals surface area contributed by atoms with E-state index in [-0.39, 0.29) is 17.8 Å². The lowest BCUT2D eigenvalue weighted by Gasteiger charge is -2.06. The Balaban J connectivity index is 1.31. The van der Waals surface area contributed by atoms with Crippen LogP contribution >= 0.6 is 0 Å². The molecule has 7 heteroatoms. The molecule has 0 saturated carbocycles. The highest BCUT2D eigenvalue weighted by Gasteiger charge is 2.11. The number of hydrogen-bond acceptors (Lipinski definition) is 5. The number of halogens is 1. The maximum Gasteiger partial charge on any atom is 0.311 e. The quantitative estimate of drug-likeness (QED) is 0.269. The number of benzene rings is 3. The highest BCUT2D eigenvalue weighted by atomic mass is 19.1. The van der Waals surface area contributed by atoms with Gasteiger partial charge in [0.05, 0.1) is 10.9 Å². The van der Waals surface area contributed by atoms with Crippen LogP contribution in [-0.4, -0.2) is 21.7 Å². The summed E-state index contributed by atoms with van der Waals surface area (Å²) in [5, 5.41) is 0.525. The Morgan fingerprint density at radius 1 is 0.906 bits per heavy atom. The fourth-order valence-electron chi connectivity index (χ4n) is 3.28. The number of rotatable bonds is 7. The Kier molecular flexibility index (Phi) is 6.17. The van der Waals surface area contributed by atoms with Crippen LogP contribution in [0, 0.1) is 5.82 Å². The number of H-pyrrole nitrogens is 1. The third-order valence-corrected chi connectivity index (χ3v) is 4.91. The largest absolute Gasteiger partial charge is 0.427 e. The molecule has 0 aliphatic carbocycles. The zero-order chi connectivity index (χ0) is 22.5. The van der Waals surface area contributed by atoms with E-state index in [9.17, 15) is 18.8 Å². The monoisotopic (exact) mass is 430 g/mol. The van der Waals surface area contributed by atoms with Crippen molar-refractivity contribution in [2.75, 3.05) is 0 Å². The highest BCUT2D eigenvalue weighted by Crippen LogP contribution is 2.17. The molecule has 32 heavy (non-hydrogen) atoms. The molecule has 1 aromatic heterocycles. The van der Waals surface area contributed by atoms with Gasteiger partial charge in [-0.3, -0.25) is 14.4 Å². The van der Waals surface area contributed by atoms with Crippen molar-refractivity contribution in [2.45, 2.75) is 19.3 Å². The number of carbonyl (C=O) groups is 2. The van der Waals surface area contributed by atoms with E-state index in [0.717, 1.165) is 0 Å². The standard InChI is InChI=1S/C25H19FN2O4/c26-18-12-8-16(9-13-18)24(30)17-10-14-19(15-11-17)32-23(29)7-3-6-22-27-21-5-2-1-4-20(21)25(31)28-22/h1-2,4-5,8-15H,3,6-7H2,(H,27,28,31). The number of para-hydroxylation sites is 1. The molecule has 6 nitrogen and oxygen atoms in total. The topological polar surface area (TPSA) is 89.1 Å². The average Bonchev–Trinajstić information content (AvgIpc) is 2.80. The molecule has 4 rings (SSSR count). The van der Waals surface area contributed by atoms with Crippen LogP contribution in [0.2, 0.25) is 0 Å². The van der Waals surface area contributed by atoms with Gasteiger partial charge in [-0.05, 0) is 67.1 Å². The molecule has 0 aliphatic rings. The molecule has 3 aromatic carbocycles. The van der Waals surface area contributed by atoms with Crippen molar-refractivity contribution in [2.24, 2.45) is 0 Å². The summed E-state index contributed by atoms with van der Waals surface area (Å²) < 4.78 is 18.3. The van der Waals surface area contributed by atoms with E-state index >= 15 is 0 Å². The lowest BCUT2D eigenvalue weighted by Crippen LogP contribution is -2.13. The van der Waals surface area contributed by atoms with Gasteiger partial charge >= 0.3 is 5.97 Å². The number of ketones is 1. The molecule has 4 aromatic rings. The van der Waals surface area contributed by atoms with Gasteiger partial charge in [0.2, 0.25) is 0 Å². The summed E-state index contributed by atoms with van der Waals surface area (Å²) in [4.78, 5) is 43.8. The molecule has 0 fully saturated rings. The van der Waals surface area contributed by atoms with Crippen LogP contribution in [-0.2, 0) is 11.2 Å². The summed E-state index contributed by atoms with van der Waals surface area (Å²) in [5.74, 6) is -0.245. The first kappa shape index (κ1) is 21.1. The van der Waals surface area contributed by atoms with Crippen molar-refractivity contribution in [3.05, 3.63) is 106 Å². The summed E-state index contributed by atoms with van der Waals surface area (Å²) in [6.45, 7) is 0. The Bertz CT molecular complexity index is 1330. The van der Waals surface area contributed by atoms with E-state index in [0.29, 0.717) is 46.4 Å². The average molecular weight is 430 g/mol. The summed E-state index contributed by atoms with van der Waals surface area (Å²) in [5.41, 5.74) is 1.19. The molecule has 0 bridgehead atoms. The third kappa shape index (κ3) is 4.95. The third-order valence-electron chi connectivity index (χ3n) is 4.91. The molecule has 0 amide bonds. The van der Waals surface area contributed by atoms with E-state index in [1.54, 1.807) is 30.3 Å². The number of aromatic nitrogens is 2. The summed E-state index contributed by atoms with van der Waals surface area (Å²) in [7, 11) is 0. The number of aryl methyl sites for hydroxylation is 1. The molecule has 0 atom stereocenters. The molecule has 0 saturated heterocycles. The number of nitrogens with one attached hydrogen (secondary N) is 1. The first-order chi connectivity index (χ1) is 15.5. The van der Waals surface area contributed by atoms with Crippen LogP contribution < -0.4 is 10.3 Å². The molecule has 0 unspecified atom stereocenters. The molecule has 0 radical (unpaired) electrons. The van der Waals surface area contributed by atoms with Crippen LogP contribution in [0.3, 0.4) is 0 Å². The second-order valence-electron chi connectivity index (χ2n) is 7.22. The van der Waals surface area contributed by atoms with E-state index in [4.69, 9.17) is 4.74 Å². The number of hydrogen-bond donors (Lipinski definition) is 1. The number of aromatic amines is 1. The lowest BCUT2D eigenvalue weighted by molar-refractivity contribution is -0.134. The normalized spacial score (nSPS) is 10.8. The first-order valence-electron chi connectivity index (χ1n) is 10.1. The fraction of sp³-hybridized carbons (Fsp3) is 0.120. The molecule has 1 heterocycles. The van der Waals surface area contributed by atoms with Crippen molar-refractivity contribution < 1.29 is 18.7 Å². The van der Waals surface area contributed by atoms with Crippen LogP contribution in [0.4, 0.5) is 4.39 Å². The SMILES string of the molecule is O=C(CCCc1nc2ccccc2c(=O)[nH]1)Oc1ccc(C(=O)c2ccc(F)cc2)cc1. The molecule has 160 valence electrons. The molecular weight excluding hydrogens is 411 g/mol. The van der Waals surface area contributed by atoms with Gasteiger partial charge in [0.25, 0.3) is 5.56 Å². The van der Waals surface area contributed by atoms with E-state index in [2.05, 4.69) is 9.97 Å².